The third-order valence-electron chi connectivity index (χ3n) is 2.89. The Balaban J connectivity index is 1.71. The summed E-state index contributed by atoms with van der Waals surface area (Å²) in [5.41, 5.74) is 1.15. The van der Waals surface area contributed by atoms with Gasteiger partial charge in [-0.2, -0.15) is 0 Å². The second-order valence-electron chi connectivity index (χ2n) is 4.00. The lowest BCUT2D eigenvalue weighted by Gasteiger charge is -2.15. The molecule has 0 saturated carbocycles. The van der Waals surface area contributed by atoms with Gasteiger partial charge >= 0.3 is 0 Å². The largest absolute Gasteiger partial charge is 0.377 e. The van der Waals surface area contributed by atoms with Crippen molar-refractivity contribution in [1.82, 2.24) is 10.3 Å². The zero-order valence-corrected chi connectivity index (χ0v) is 9.15. The summed E-state index contributed by atoms with van der Waals surface area (Å²) in [6.07, 6.45) is 4.32. The first kappa shape index (κ1) is 10.6. The van der Waals surface area contributed by atoms with Gasteiger partial charge in [0.2, 0.25) is 0 Å². The van der Waals surface area contributed by atoms with E-state index < -0.39 is 0 Å². The van der Waals surface area contributed by atoms with Gasteiger partial charge in [-0.1, -0.05) is 6.07 Å². The fraction of sp³-hybridized carbons (Fsp3) is 0.583. The van der Waals surface area contributed by atoms with Crippen LogP contribution < -0.4 is 5.32 Å². The van der Waals surface area contributed by atoms with Crippen LogP contribution in [0, 0.1) is 0 Å². The quantitative estimate of drug-likeness (QED) is 0.808. The number of ether oxygens (including phenoxy) is 1. The minimum Gasteiger partial charge on any atom is -0.377 e. The smallest absolute Gasteiger partial charge is 0.0700 e. The molecule has 1 aromatic heterocycles. The van der Waals surface area contributed by atoms with Crippen molar-refractivity contribution in [2.24, 2.45) is 0 Å². The molecular weight excluding hydrogens is 188 g/mol. The molecule has 15 heavy (non-hydrogen) atoms. The summed E-state index contributed by atoms with van der Waals surface area (Å²) in [7, 11) is 0. The lowest BCUT2D eigenvalue weighted by Crippen LogP contribution is -2.36. The van der Waals surface area contributed by atoms with E-state index in [9.17, 15) is 0 Å². The van der Waals surface area contributed by atoms with Crippen molar-refractivity contribution in [3.8, 4) is 0 Å². The van der Waals surface area contributed by atoms with Crippen LogP contribution in [0.1, 0.15) is 19.0 Å². The highest BCUT2D eigenvalue weighted by atomic mass is 16.5. The predicted octanol–water partition coefficient (Wildman–Crippen LogP) is 1.39. The van der Waals surface area contributed by atoms with E-state index in [1.165, 1.54) is 0 Å². The van der Waals surface area contributed by atoms with Gasteiger partial charge in [0.15, 0.2) is 0 Å². The Kier molecular flexibility index (Phi) is 3.69. The monoisotopic (exact) mass is 206 g/mol. The molecule has 1 aliphatic rings. The fourth-order valence-electron chi connectivity index (χ4n) is 1.93. The molecule has 0 aliphatic carbocycles. The first-order valence-corrected chi connectivity index (χ1v) is 5.61. The van der Waals surface area contributed by atoms with E-state index in [2.05, 4.69) is 23.3 Å². The van der Waals surface area contributed by atoms with Crippen LogP contribution in [0.2, 0.25) is 0 Å². The van der Waals surface area contributed by atoms with E-state index in [-0.39, 0.29) is 0 Å². The zero-order chi connectivity index (χ0) is 10.5. The van der Waals surface area contributed by atoms with Crippen molar-refractivity contribution in [1.29, 1.82) is 0 Å². The summed E-state index contributed by atoms with van der Waals surface area (Å²) < 4.78 is 5.49. The Bertz CT molecular complexity index is 289. The normalized spacial score (nSPS) is 25.7. The van der Waals surface area contributed by atoms with E-state index in [0.29, 0.717) is 12.1 Å². The maximum Gasteiger partial charge on any atom is 0.0700 e. The molecule has 0 bridgehead atoms. The first-order valence-electron chi connectivity index (χ1n) is 5.61. The van der Waals surface area contributed by atoms with Crippen LogP contribution in [0.25, 0.3) is 0 Å². The lowest BCUT2D eigenvalue weighted by atomic mass is 10.1. The maximum absolute atomic E-state index is 5.49. The molecule has 1 fully saturated rings. The molecule has 0 aromatic carbocycles. The van der Waals surface area contributed by atoms with Gasteiger partial charge in [-0.3, -0.25) is 4.98 Å². The Morgan fingerprint density at radius 1 is 1.53 bits per heavy atom. The molecular formula is C12H18N2O. The van der Waals surface area contributed by atoms with Crippen LogP contribution in [0.3, 0.4) is 0 Å². The number of nitrogens with zero attached hydrogens (tertiary/aromatic N) is 1. The number of rotatable bonds is 4. The van der Waals surface area contributed by atoms with Gasteiger partial charge in [-0.05, 0) is 25.5 Å². The average Bonchev–Trinajstić information content (AvgIpc) is 2.66. The lowest BCUT2D eigenvalue weighted by molar-refractivity contribution is 0.113. The van der Waals surface area contributed by atoms with E-state index in [0.717, 1.165) is 31.7 Å². The van der Waals surface area contributed by atoms with Crippen LogP contribution >= 0.6 is 0 Å². The molecule has 0 spiro atoms. The van der Waals surface area contributed by atoms with Gasteiger partial charge in [0, 0.05) is 37.5 Å². The molecule has 1 aliphatic heterocycles. The second kappa shape index (κ2) is 5.24. The van der Waals surface area contributed by atoms with Crippen LogP contribution in [0.5, 0.6) is 0 Å². The topological polar surface area (TPSA) is 34.1 Å². The van der Waals surface area contributed by atoms with Crippen LogP contribution in [0.15, 0.2) is 24.4 Å². The Labute approximate surface area is 90.9 Å². The molecule has 2 heterocycles. The third-order valence-corrected chi connectivity index (χ3v) is 2.89. The van der Waals surface area contributed by atoms with Crippen LogP contribution in [-0.2, 0) is 11.2 Å². The highest BCUT2D eigenvalue weighted by molar-refractivity contribution is 5.03. The third kappa shape index (κ3) is 3.01. The molecule has 82 valence electrons. The van der Waals surface area contributed by atoms with E-state index >= 15 is 0 Å². The van der Waals surface area contributed by atoms with Crippen molar-refractivity contribution in [2.75, 3.05) is 13.2 Å². The van der Waals surface area contributed by atoms with Gasteiger partial charge in [0.1, 0.15) is 0 Å². The Hall–Kier alpha value is -0.930. The van der Waals surface area contributed by atoms with Crippen molar-refractivity contribution in [3.05, 3.63) is 30.1 Å². The molecule has 2 rings (SSSR count). The summed E-state index contributed by atoms with van der Waals surface area (Å²) >= 11 is 0. The fourth-order valence-corrected chi connectivity index (χ4v) is 1.93. The highest BCUT2D eigenvalue weighted by Crippen LogP contribution is 2.12. The summed E-state index contributed by atoms with van der Waals surface area (Å²) in [4.78, 5) is 4.29. The van der Waals surface area contributed by atoms with Crippen LogP contribution in [-0.4, -0.2) is 30.3 Å². The van der Waals surface area contributed by atoms with E-state index in [1.54, 1.807) is 0 Å². The molecule has 3 heteroatoms. The molecule has 0 amide bonds. The Morgan fingerprint density at radius 3 is 3.13 bits per heavy atom. The number of nitrogens with one attached hydrogen (secondary N) is 1. The summed E-state index contributed by atoms with van der Waals surface area (Å²) in [6.45, 7) is 4.00. The standard InChI is InChI=1S/C12H18N2O/c1-10-12(6-9-15-10)14-8-5-11-4-2-3-7-13-11/h2-4,7,10,12,14H,5-6,8-9H2,1H3/t10-,12+/m0/s1. The highest BCUT2D eigenvalue weighted by Gasteiger charge is 2.22. The molecule has 2 atom stereocenters. The number of hydrogen-bond donors (Lipinski definition) is 1. The number of pyridine rings is 1. The summed E-state index contributed by atoms with van der Waals surface area (Å²) in [5, 5.41) is 3.51. The van der Waals surface area contributed by atoms with Gasteiger partial charge in [-0.25, -0.2) is 0 Å². The van der Waals surface area contributed by atoms with Gasteiger partial charge < -0.3 is 10.1 Å². The van der Waals surface area contributed by atoms with Gasteiger partial charge in [0.25, 0.3) is 0 Å². The SMILES string of the molecule is C[C@@H]1OCC[C@H]1NCCc1ccccn1. The minimum absolute atomic E-state index is 0.355. The van der Waals surface area contributed by atoms with Crippen LogP contribution in [0.4, 0.5) is 0 Å². The minimum atomic E-state index is 0.355. The van der Waals surface area contributed by atoms with Crippen molar-refractivity contribution in [3.63, 3.8) is 0 Å². The van der Waals surface area contributed by atoms with E-state index in [1.807, 2.05) is 18.3 Å². The average molecular weight is 206 g/mol. The molecule has 1 aromatic rings. The number of aromatic nitrogens is 1. The molecule has 1 N–H and O–H groups in total. The maximum atomic E-state index is 5.49. The predicted molar refractivity (Wildman–Crippen MR) is 59.8 cm³/mol. The van der Waals surface area contributed by atoms with Gasteiger partial charge in [0.05, 0.1) is 6.10 Å². The summed E-state index contributed by atoms with van der Waals surface area (Å²) in [5.74, 6) is 0. The van der Waals surface area contributed by atoms with Crippen molar-refractivity contribution >= 4 is 0 Å². The summed E-state index contributed by atoms with van der Waals surface area (Å²) in [6, 6.07) is 6.57. The second-order valence-corrected chi connectivity index (χ2v) is 4.00. The molecule has 1 saturated heterocycles. The van der Waals surface area contributed by atoms with Crippen molar-refractivity contribution in [2.45, 2.75) is 31.9 Å². The first-order chi connectivity index (χ1) is 7.36. The van der Waals surface area contributed by atoms with Crippen molar-refractivity contribution < 1.29 is 4.74 Å². The van der Waals surface area contributed by atoms with Gasteiger partial charge in [-0.15, -0.1) is 0 Å². The number of hydrogen-bond acceptors (Lipinski definition) is 3. The molecule has 3 nitrogen and oxygen atoms in total. The molecule has 0 radical (unpaired) electrons. The zero-order valence-electron chi connectivity index (χ0n) is 9.15. The Morgan fingerprint density at radius 2 is 2.47 bits per heavy atom. The van der Waals surface area contributed by atoms with E-state index in [4.69, 9.17) is 4.74 Å². The molecule has 0 unspecified atom stereocenters.